The Hall–Kier alpha value is -2.00. The Bertz CT molecular complexity index is 824. The number of alkyl halides is 1. The third-order valence-electron chi connectivity index (χ3n) is 3.14. The highest BCUT2D eigenvalue weighted by atomic mass is 32.2. The average Bonchev–Trinajstić information content (AvgIpc) is 2.48. The molecular weight excluding hydrogens is 343 g/mol. The van der Waals surface area contributed by atoms with Crippen LogP contribution in [0.4, 0.5) is 22.0 Å². The van der Waals surface area contributed by atoms with E-state index in [9.17, 15) is 34.9 Å². The summed E-state index contributed by atoms with van der Waals surface area (Å²) in [5.74, 6) is -8.38. The van der Waals surface area contributed by atoms with Crippen LogP contribution in [0.5, 0.6) is 0 Å². The van der Waals surface area contributed by atoms with Crippen molar-refractivity contribution in [3.63, 3.8) is 0 Å². The fourth-order valence-corrected chi connectivity index (χ4v) is 3.04. The lowest BCUT2D eigenvalue weighted by Gasteiger charge is -2.20. The smallest absolute Gasteiger partial charge is 0.275 e. The van der Waals surface area contributed by atoms with Crippen LogP contribution in [0.2, 0.25) is 0 Å². The second kappa shape index (κ2) is 6.25. The molecule has 0 aromatic heterocycles. The third-order valence-corrected chi connectivity index (χ3v) is 4.30. The van der Waals surface area contributed by atoms with E-state index in [0.29, 0.717) is 0 Å². The molecule has 0 saturated carbocycles. The third kappa shape index (κ3) is 3.35. The van der Waals surface area contributed by atoms with Crippen molar-refractivity contribution in [1.29, 1.82) is 0 Å². The van der Waals surface area contributed by atoms with Gasteiger partial charge in [-0.05, 0) is 11.6 Å². The van der Waals surface area contributed by atoms with Crippen molar-refractivity contribution in [3.05, 3.63) is 70.8 Å². The minimum absolute atomic E-state index is 0.0134. The molecule has 3 nitrogen and oxygen atoms in total. The molecule has 0 heterocycles. The summed E-state index contributed by atoms with van der Waals surface area (Å²) in [4.78, 5) is 0. The predicted molar refractivity (Wildman–Crippen MR) is 70.9 cm³/mol. The van der Waals surface area contributed by atoms with Gasteiger partial charge in [0.05, 0.1) is 0 Å². The highest BCUT2D eigenvalue weighted by molar-refractivity contribution is 7.86. The summed E-state index contributed by atoms with van der Waals surface area (Å²) in [6.07, 6.45) is -2.86. The molecule has 0 saturated heterocycles. The molecule has 0 fully saturated rings. The molecule has 2 rings (SSSR count). The van der Waals surface area contributed by atoms with Gasteiger partial charge in [0, 0.05) is 5.56 Å². The van der Waals surface area contributed by atoms with Crippen molar-refractivity contribution in [1.82, 2.24) is 0 Å². The molecule has 0 bridgehead atoms. The van der Waals surface area contributed by atoms with Gasteiger partial charge in [-0.1, -0.05) is 30.3 Å². The average molecular weight is 352 g/mol. The Morgan fingerprint density at radius 1 is 0.913 bits per heavy atom. The lowest BCUT2D eigenvalue weighted by molar-refractivity contribution is 0.296. The van der Waals surface area contributed by atoms with Gasteiger partial charge in [0.1, 0.15) is 5.25 Å². The van der Waals surface area contributed by atoms with Crippen LogP contribution < -0.4 is 0 Å². The fraction of sp³-hybridized carbons (Fsp3) is 0.143. The zero-order valence-corrected chi connectivity index (χ0v) is 12.0. The van der Waals surface area contributed by atoms with E-state index in [-0.39, 0.29) is 11.6 Å². The summed E-state index contributed by atoms with van der Waals surface area (Å²) in [6.45, 7) is 0. The summed E-state index contributed by atoms with van der Waals surface area (Å²) in [6, 6.07) is 6.37. The van der Waals surface area contributed by atoms with E-state index >= 15 is 0 Å². The lowest BCUT2D eigenvalue weighted by Crippen LogP contribution is -2.19. The first-order valence-corrected chi connectivity index (χ1v) is 7.63. The van der Waals surface area contributed by atoms with E-state index < -0.39 is 50.4 Å². The van der Waals surface area contributed by atoms with Gasteiger partial charge in [0.15, 0.2) is 29.4 Å². The van der Waals surface area contributed by atoms with Crippen LogP contribution in [-0.4, -0.2) is 13.0 Å². The van der Waals surface area contributed by atoms with Crippen molar-refractivity contribution >= 4 is 10.1 Å². The van der Waals surface area contributed by atoms with Crippen LogP contribution in [0, 0.1) is 23.3 Å². The molecule has 124 valence electrons. The molecule has 0 aliphatic heterocycles. The van der Waals surface area contributed by atoms with E-state index in [1.807, 2.05) is 0 Å². The zero-order valence-electron chi connectivity index (χ0n) is 11.2. The molecule has 0 amide bonds. The lowest BCUT2D eigenvalue weighted by atomic mass is 10.0. The van der Waals surface area contributed by atoms with E-state index in [0.717, 1.165) is 12.1 Å². The van der Waals surface area contributed by atoms with Crippen LogP contribution in [0.15, 0.2) is 36.4 Å². The molecule has 2 atom stereocenters. The van der Waals surface area contributed by atoms with Crippen molar-refractivity contribution in [3.8, 4) is 0 Å². The summed E-state index contributed by atoms with van der Waals surface area (Å²) < 4.78 is 99.5. The van der Waals surface area contributed by atoms with Gasteiger partial charge >= 0.3 is 0 Å². The number of rotatable bonds is 4. The Morgan fingerprint density at radius 3 is 2.00 bits per heavy atom. The van der Waals surface area contributed by atoms with Crippen molar-refractivity contribution in [2.24, 2.45) is 0 Å². The van der Waals surface area contributed by atoms with Gasteiger partial charge in [-0.2, -0.15) is 8.42 Å². The molecule has 2 aromatic carbocycles. The number of hydrogen-bond acceptors (Lipinski definition) is 2. The highest BCUT2D eigenvalue weighted by Gasteiger charge is 2.38. The molecule has 9 heteroatoms. The first-order valence-electron chi connectivity index (χ1n) is 6.12. The van der Waals surface area contributed by atoms with Gasteiger partial charge in [-0.25, -0.2) is 22.0 Å². The molecule has 0 aliphatic rings. The SMILES string of the molecule is O=S(=O)(O)C(c1ccccc1)C(F)c1cc(F)c(F)c(F)c1F. The van der Waals surface area contributed by atoms with Crippen molar-refractivity contribution in [2.75, 3.05) is 0 Å². The quantitative estimate of drug-likeness (QED) is 0.393. The monoisotopic (exact) mass is 352 g/mol. The maximum absolute atomic E-state index is 14.5. The largest absolute Gasteiger partial charge is 0.285 e. The van der Waals surface area contributed by atoms with Crippen LogP contribution in [0.3, 0.4) is 0 Å². The molecule has 2 aromatic rings. The van der Waals surface area contributed by atoms with Gasteiger partial charge in [0.2, 0.25) is 0 Å². The minimum atomic E-state index is -5.10. The highest BCUT2D eigenvalue weighted by Crippen LogP contribution is 2.40. The predicted octanol–water partition coefficient (Wildman–Crippen LogP) is 3.88. The van der Waals surface area contributed by atoms with Crippen molar-refractivity contribution < 1.29 is 34.9 Å². The van der Waals surface area contributed by atoms with Gasteiger partial charge in [0.25, 0.3) is 10.1 Å². The second-order valence-corrected chi connectivity index (χ2v) is 6.18. The van der Waals surface area contributed by atoms with E-state index in [2.05, 4.69) is 0 Å². The maximum atomic E-state index is 14.5. The summed E-state index contributed by atoms with van der Waals surface area (Å²) in [7, 11) is -5.10. The first-order chi connectivity index (χ1) is 10.6. The van der Waals surface area contributed by atoms with Gasteiger partial charge in [-0.3, -0.25) is 4.55 Å². The summed E-state index contributed by atoms with van der Waals surface area (Å²) >= 11 is 0. The normalized spacial score (nSPS) is 14.5. The second-order valence-electron chi connectivity index (χ2n) is 4.64. The first kappa shape index (κ1) is 17.4. The Labute approximate surface area is 128 Å². The molecule has 1 N–H and O–H groups in total. The van der Waals surface area contributed by atoms with E-state index in [4.69, 9.17) is 0 Å². The number of hydrogen-bond donors (Lipinski definition) is 1. The molecule has 23 heavy (non-hydrogen) atoms. The zero-order chi connectivity index (χ0) is 17.4. The molecule has 0 radical (unpaired) electrons. The van der Waals surface area contributed by atoms with Crippen LogP contribution in [0.25, 0.3) is 0 Å². The van der Waals surface area contributed by atoms with E-state index in [1.54, 1.807) is 0 Å². The molecular formula is C14H9F5O3S. The number of halogens is 5. The van der Waals surface area contributed by atoms with Gasteiger partial charge in [-0.15, -0.1) is 0 Å². The molecule has 0 aliphatic carbocycles. The van der Waals surface area contributed by atoms with Crippen molar-refractivity contribution in [2.45, 2.75) is 11.4 Å². The van der Waals surface area contributed by atoms with Crippen LogP contribution >= 0.6 is 0 Å². The minimum Gasteiger partial charge on any atom is -0.285 e. The molecule has 0 spiro atoms. The number of benzene rings is 2. The van der Waals surface area contributed by atoms with Gasteiger partial charge < -0.3 is 0 Å². The Morgan fingerprint density at radius 2 is 1.48 bits per heavy atom. The molecule has 2 unspecified atom stereocenters. The topological polar surface area (TPSA) is 54.4 Å². The fourth-order valence-electron chi connectivity index (χ4n) is 2.09. The van der Waals surface area contributed by atoms with Crippen LogP contribution in [0.1, 0.15) is 22.5 Å². The van der Waals surface area contributed by atoms with Crippen LogP contribution in [-0.2, 0) is 10.1 Å². The van der Waals surface area contributed by atoms with E-state index in [1.165, 1.54) is 18.2 Å². The maximum Gasteiger partial charge on any atom is 0.275 e. The Kier molecular flexibility index (Phi) is 4.71. The Balaban J connectivity index is 2.63. The standard InChI is InChI=1S/C14H9F5O3S/c15-9-6-8(10(16)13(19)12(9)18)11(17)14(23(20,21)22)7-4-2-1-3-5-7/h1-6,11,14H,(H,20,21,22). The summed E-state index contributed by atoms with van der Waals surface area (Å²) in [5, 5.41) is -2.33. The summed E-state index contributed by atoms with van der Waals surface area (Å²) in [5.41, 5.74) is -1.63.